The third-order valence-electron chi connectivity index (χ3n) is 1.25. The van der Waals surface area contributed by atoms with E-state index >= 15 is 0 Å². The van der Waals surface area contributed by atoms with Gasteiger partial charge in [-0.15, -0.1) is 0 Å². The molecule has 0 aliphatic rings. The Hall–Kier alpha value is -0.620. The Morgan fingerprint density at radius 1 is 1.25 bits per heavy atom. The van der Waals surface area contributed by atoms with Gasteiger partial charge < -0.3 is 10.2 Å². The fraction of sp³-hybridized carbons (Fsp3) is 0.833. The van der Waals surface area contributed by atoms with Crippen LogP contribution in [0.1, 0.15) is 12.8 Å². The zero-order chi connectivity index (χ0) is 9.61. The third kappa shape index (κ3) is 6.11. The van der Waals surface area contributed by atoms with Crippen LogP contribution in [-0.2, 0) is 14.6 Å². The molecule has 0 aromatic carbocycles. The van der Waals surface area contributed by atoms with Gasteiger partial charge in [0.25, 0.3) is 0 Å². The smallest absolute Gasteiger partial charge is 0.303 e. The molecule has 0 unspecified atom stereocenters. The van der Waals surface area contributed by atoms with E-state index in [2.05, 4.69) is 0 Å². The number of hydrogen-bond acceptors (Lipinski definition) is 4. The number of carboxylic acids is 1. The van der Waals surface area contributed by atoms with Crippen molar-refractivity contribution in [3.8, 4) is 0 Å². The highest BCUT2D eigenvalue weighted by atomic mass is 32.2. The molecule has 0 amide bonds. The summed E-state index contributed by atoms with van der Waals surface area (Å²) in [4.78, 5) is 10.00. The maximum absolute atomic E-state index is 10.9. The van der Waals surface area contributed by atoms with E-state index in [4.69, 9.17) is 10.2 Å². The molecule has 0 aliphatic heterocycles. The summed E-state index contributed by atoms with van der Waals surface area (Å²) in [5, 5.41) is 16.5. The second-order valence-corrected chi connectivity index (χ2v) is 4.68. The minimum Gasteiger partial charge on any atom is -0.481 e. The lowest BCUT2D eigenvalue weighted by atomic mass is 10.3. The molecule has 0 saturated heterocycles. The number of carboxylic acid groups (broad SMARTS) is 1. The van der Waals surface area contributed by atoms with Crippen LogP contribution in [0.5, 0.6) is 0 Å². The molecule has 0 heterocycles. The molecule has 0 aromatic rings. The topological polar surface area (TPSA) is 91.7 Å². The molecule has 72 valence electrons. The maximum Gasteiger partial charge on any atom is 0.303 e. The van der Waals surface area contributed by atoms with Crippen molar-refractivity contribution in [2.24, 2.45) is 0 Å². The summed E-state index contributed by atoms with van der Waals surface area (Å²) < 4.78 is 21.7. The highest BCUT2D eigenvalue weighted by Gasteiger charge is 2.10. The number of hydrogen-bond donors (Lipinski definition) is 2. The van der Waals surface area contributed by atoms with Crippen LogP contribution >= 0.6 is 0 Å². The van der Waals surface area contributed by atoms with E-state index in [1.807, 2.05) is 0 Å². The molecule has 6 heteroatoms. The van der Waals surface area contributed by atoms with Crippen molar-refractivity contribution >= 4 is 15.8 Å². The normalized spacial score (nSPS) is 11.4. The van der Waals surface area contributed by atoms with E-state index in [9.17, 15) is 13.2 Å². The van der Waals surface area contributed by atoms with E-state index in [0.717, 1.165) is 0 Å². The molecule has 12 heavy (non-hydrogen) atoms. The van der Waals surface area contributed by atoms with Crippen LogP contribution in [0, 0.1) is 0 Å². The van der Waals surface area contributed by atoms with Crippen molar-refractivity contribution in [1.82, 2.24) is 0 Å². The fourth-order valence-electron chi connectivity index (χ4n) is 0.684. The summed E-state index contributed by atoms with van der Waals surface area (Å²) in [5.74, 6) is -1.46. The van der Waals surface area contributed by atoms with Gasteiger partial charge in [-0.2, -0.15) is 0 Å². The number of aliphatic hydroxyl groups is 1. The predicted molar refractivity (Wildman–Crippen MR) is 42.6 cm³/mol. The van der Waals surface area contributed by atoms with Crippen LogP contribution in [-0.4, -0.2) is 42.7 Å². The van der Waals surface area contributed by atoms with Crippen LogP contribution in [0.4, 0.5) is 0 Å². The average Bonchev–Trinajstić information content (AvgIpc) is 1.85. The molecule has 0 aromatic heterocycles. The molecule has 0 aliphatic carbocycles. The zero-order valence-electron chi connectivity index (χ0n) is 6.56. The zero-order valence-corrected chi connectivity index (χ0v) is 7.38. The molecule has 0 bridgehead atoms. The maximum atomic E-state index is 10.9. The van der Waals surface area contributed by atoms with Crippen molar-refractivity contribution < 1.29 is 23.4 Å². The van der Waals surface area contributed by atoms with E-state index in [-0.39, 0.29) is 24.3 Å². The second kappa shape index (κ2) is 5.10. The van der Waals surface area contributed by atoms with Gasteiger partial charge in [0.1, 0.15) is 0 Å². The Kier molecular flexibility index (Phi) is 4.84. The molecule has 0 saturated carbocycles. The molecule has 2 N–H and O–H groups in total. The lowest BCUT2D eigenvalue weighted by Crippen LogP contribution is -2.14. The van der Waals surface area contributed by atoms with Crippen LogP contribution in [0.2, 0.25) is 0 Å². The first-order chi connectivity index (χ1) is 5.48. The summed E-state index contributed by atoms with van der Waals surface area (Å²) in [6.07, 6.45) is -0.0394. The molecule has 0 atom stereocenters. The van der Waals surface area contributed by atoms with Crippen LogP contribution in [0.3, 0.4) is 0 Å². The van der Waals surface area contributed by atoms with Crippen molar-refractivity contribution in [2.45, 2.75) is 12.8 Å². The van der Waals surface area contributed by atoms with Gasteiger partial charge in [-0.25, -0.2) is 8.42 Å². The summed E-state index contributed by atoms with van der Waals surface area (Å²) in [7, 11) is -3.24. The van der Waals surface area contributed by atoms with Gasteiger partial charge in [0, 0.05) is 6.42 Å². The summed E-state index contributed by atoms with van der Waals surface area (Å²) in [6.45, 7) is -0.407. The van der Waals surface area contributed by atoms with Crippen LogP contribution < -0.4 is 0 Å². The second-order valence-electron chi connectivity index (χ2n) is 2.37. The molecule has 0 spiro atoms. The molecule has 5 nitrogen and oxygen atoms in total. The Morgan fingerprint density at radius 3 is 2.25 bits per heavy atom. The first-order valence-corrected chi connectivity index (χ1v) is 5.33. The summed E-state index contributed by atoms with van der Waals surface area (Å²) >= 11 is 0. The standard InChI is InChI=1S/C6H12O5S/c7-3-5-12(10,11)4-1-2-6(8)9/h7H,1-5H2,(H,8,9). The molecule has 0 radical (unpaired) electrons. The van der Waals surface area contributed by atoms with Crippen LogP contribution in [0.15, 0.2) is 0 Å². The van der Waals surface area contributed by atoms with Gasteiger partial charge in [-0.05, 0) is 6.42 Å². The first kappa shape index (κ1) is 11.4. The predicted octanol–water partition coefficient (Wildman–Crippen LogP) is -0.742. The van der Waals surface area contributed by atoms with E-state index < -0.39 is 22.4 Å². The molecule has 0 rings (SSSR count). The summed E-state index contributed by atoms with van der Waals surface area (Å²) in [6, 6.07) is 0. The van der Waals surface area contributed by atoms with Gasteiger partial charge in [0.05, 0.1) is 18.1 Å². The van der Waals surface area contributed by atoms with Crippen molar-refractivity contribution in [3.63, 3.8) is 0 Å². The van der Waals surface area contributed by atoms with Gasteiger partial charge in [-0.1, -0.05) is 0 Å². The third-order valence-corrected chi connectivity index (χ3v) is 2.96. The number of aliphatic carboxylic acids is 1. The molecule has 0 fully saturated rings. The molecular formula is C6H12O5S. The van der Waals surface area contributed by atoms with Gasteiger partial charge >= 0.3 is 5.97 Å². The van der Waals surface area contributed by atoms with E-state index in [0.29, 0.717) is 0 Å². The SMILES string of the molecule is O=C(O)CCCS(=O)(=O)CCO. The molecular weight excluding hydrogens is 184 g/mol. The largest absolute Gasteiger partial charge is 0.481 e. The number of carbonyl (C=O) groups is 1. The number of aliphatic hydroxyl groups excluding tert-OH is 1. The lowest BCUT2D eigenvalue weighted by molar-refractivity contribution is -0.137. The number of rotatable bonds is 6. The summed E-state index contributed by atoms with van der Waals surface area (Å²) in [5.41, 5.74) is 0. The van der Waals surface area contributed by atoms with Crippen molar-refractivity contribution in [2.75, 3.05) is 18.1 Å². The average molecular weight is 196 g/mol. The quantitative estimate of drug-likeness (QED) is 0.583. The van der Waals surface area contributed by atoms with E-state index in [1.54, 1.807) is 0 Å². The lowest BCUT2D eigenvalue weighted by Gasteiger charge is -1.99. The van der Waals surface area contributed by atoms with Crippen molar-refractivity contribution in [3.05, 3.63) is 0 Å². The minimum absolute atomic E-state index is 0.109. The Bertz CT molecular complexity index is 230. The van der Waals surface area contributed by atoms with Gasteiger partial charge in [-0.3, -0.25) is 4.79 Å². The first-order valence-electron chi connectivity index (χ1n) is 3.51. The van der Waals surface area contributed by atoms with E-state index in [1.165, 1.54) is 0 Å². The Labute approximate surface area is 70.9 Å². The Morgan fingerprint density at radius 2 is 1.83 bits per heavy atom. The minimum atomic E-state index is -3.24. The van der Waals surface area contributed by atoms with Crippen LogP contribution in [0.25, 0.3) is 0 Å². The number of sulfone groups is 1. The van der Waals surface area contributed by atoms with Gasteiger partial charge in [0.15, 0.2) is 9.84 Å². The highest BCUT2D eigenvalue weighted by Crippen LogP contribution is 1.96. The van der Waals surface area contributed by atoms with Crippen molar-refractivity contribution in [1.29, 1.82) is 0 Å². The Balaban J connectivity index is 3.69. The highest BCUT2D eigenvalue weighted by molar-refractivity contribution is 7.91. The monoisotopic (exact) mass is 196 g/mol. The fourth-order valence-corrected chi connectivity index (χ4v) is 1.75. The van der Waals surface area contributed by atoms with Gasteiger partial charge in [0.2, 0.25) is 0 Å².